The molecule has 49 heavy (non-hydrogen) atoms. The zero-order valence-electron chi connectivity index (χ0n) is 28.0. The van der Waals surface area contributed by atoms with Crippen LogP contribution < -0.4 is 5.19 Å². The second kappa shape index (κ2) is 14.9. The van der Waals surface area contributed by atoms with Crippen LogP contribution in [-0.4, -0.2) is 18.0 Å². The predicted octanol–water partition coefficient (Wildman–Crippen LogP) is 11.7. The van der Waals surface area contributed by atoms with Crippen LogP contribution in [0.4, 0.5) is 0 Å². The zero-order chi connectivity index (χ0) is 33.1. The van der Waals surface area contributed by atoms with Crippen molar-refractivity contribution in [3.63, 3.8) is 0 Å². The number of hydrogen-bond donors (Lipinski definition) is 0. The van der Waals surface area contributed by atoms with E-state index in [1.165, 1.54) is 53.2 Å². The topological polar surface area (TPSA) is 25.8 Å². The molecule has 0 aliphatic carbocycles. The van der Waals surface area contributed by atoms with Gasteiger partial charge in [0, 0.05) is 42.8 Å². The smallest absolute Gasteiger partial charge is 0.0795 e. The van der Waals surface area contributed by atoms with Gasteiger partial charge in [-0.05, 0) is 68.0 Å². The third kappa shape index (κ3) is 7.56. The standard InChI is InChI=1S/C30H20NS.C14H16NSi.Ir/c1-20-17-28(31-19-27(20)22-11-6-3-7-12-22)25-14-8-13-24-26-18-23(21-9-4-2-5-10-21)15-16-29(26)32-30(24)25;1-16(2,3)13-9-10-14(15-11-13)12-7-5-4-6-8-12;/h2-13,15-19H,1H3;4-7,9-11H,1-3H3;/q2*-1;. The summed E-state index contributed by atoms with van der Waals surface area (Å²) in [6.07, 6.45) is 4.01. The summed E-state index contributed by atoms with van der Waals surface area (Å²) in [7, 11) is -1.23. The van der Waals surface area contributed by atoms with Crippen molar-refractivity contribution in [2.24, 2.45) is 0 Å². The van der Waals surface area contributed by atoms with E-state index in [0.29, 0.717) is 0 Å². The number of hydrogen-bond acceptors (Lipinski definition) is 3. The molecule has 5 aromatic carbocycles. The first kappa shape index (κ1) is 34.4. The molecular formula is C44H36IrN2SSi-2. The van der Waals surface area contributed by atoms with Gasteiger partial charge in [0.2, 0.25) is 0 Å². The average Bonchev–Trinajstić information content (AvgIpc) is 3.51. The van der Waals surface area contributed by atoms with E-state index in [1.807, 2.05) is 60.1 Å². The molecule has 0 atom stereocenters. The second-order valence-electron chi connectivity index (χ2n) is 13.0. The molecule has 0 aliphatic rings. The molecular weight excluding hydrogens is 809 g/mol. The molecule has 0 bridgehead atoms. The van der Waals surface area contributed by atoms with E-state index in [2.05, 4.69) is 141 Å². The largest absolute Gasteiger partial charge is 0.305 e. The average molecular weight is 845 g/mol. The molecule has 0 saturated carbocycles. The molecule has 8 aromatic rings. The van der Waals surface area contributed by atoms with Crippen molar-refractivity contribution in [3.8, 4) is 44.8 Å². The van der Waals surface area contributed by atoms with Gasteiger partial charge in [-0.25, -0.2) is 0 Å². The molecule has 3 aromatic heterocycles. The number of thiophene rings is 1. The summed E-state index contributed by atoms with van der Waals surface area (Å²) in [6.45, 7) is 9.15. The fourth-order valence-corrected chi connectivity index (χ4v) is 8.13. The summed E-state index contributed by atoms with van der Waals surface area (Å²) < 4.78 is 2.53. The van der Waals surface area contributed by atoms with Crippen molar-refractivity contribution in [2.45, 2.75) is 26.6 Å². The molecule has 0 N–H and O–H groups in total. The first-order valence-corrected chi connectivity index (χ1v) is 20.6. The van der Waals surface area contributed by atoms with Crippen LogP contribution in [0.5, 0.6) is 0 Å². The maximum atomic E-state index is 4.85. The second-order valence-corrected chi connectivity index (χ2v) is 19.1. The Hall–Kier alpha value is -4.51. The van der Waals surface area contributed by atoms with Gasteiger partial charge in [-0.15, -0.1) is 59.7 Å². The van der Waals surface area contributed by atoms with Gasteiger partial charge in [-0.2, -0.15) is 11.3 Å². The number of fused-ring (bicyclic) bond motifs is 3. The van der Waals surface area contributed by atoms with Gasteiger partial charge in [0.15, 0.2) is 0 Å². The molecule has 0 spiro atoms. The van der Waals surface area contributed by atoms with Gasteiger partial charge in [0.05, 0.1) is 8.07 Å². The summed E-state index contributed by atoms with van der Waals surface area (Å²) in [5.41, 5.74) is 10.2. The Morgan fingerprint density at radius 3 is 1.96 bits per heavy atom. The van der Waals surface area contributed by atoms with Crippen molar-refractivity contribution in [1.29, 1.82) is 0 Å². The number of aromatic nitrogens is 2. The third-order valence-electron chi connectivity index (χ3n) is 8.60. The van der Waals surface area contributed by atoms with Gasteiger partial charge in [-0.3, -0.25) is 0 Å². The SMILES string of the molecule is C[Si](C)(C)c1ccc(-c2[c-]cccc2)nc1.Cc1cc(-c2[c-]ccc3c2sc2ccc(-c4ccccc4)cc23)ncc1-c1ccccc1.[Ir]. The van der Waals surface area contributed by atoms with Crippen molar-refractivity contribution >= 4 is 44.8 Å². The van der Waals surface area contributed by atoms with E-state index in [-0.39, 0.29) is 20.1 Å². The summed E-state index contributed by atoms with van der Waals surface area (Å²) in [5, 5.41) is 3.95. The minimum atomic E-state index is -1.23. The van der Waals surface area contributed by atoms with Crippen LogP contribution in [0.15, 0.2) is 146 Å². The number of benzene rings is 5. The maximum absolute atomic E-state index is 4.85. The molecule has 3 heterocycles. The first-order valence-electron chi connectivity index (χ1n) is 16.2. The molecule has 0 unspecified atom stereocenters. The summed E-state index contributed by atoms with van der Waals surface area (Å²) in [5.74, 6) is 0. The van der Waals surface area contributed by atoms with E-state index < -0.39 is 8.07 Å². The van der Waals surface area contributed by atoms with Gasteiger partial charge in [-0.1, -0.05) is 110 Å². The predicted molar refractivity (Wildman–Crippen MR) is 208 cm³/mol. The van der Waals surface area contributed by atoms with E-state index in [1.54, 1.807) is 0 Å². The molecule has 1 radical (unpaired) electrons. The van der Waals surface area contributed by atoms with Crippen molar-refractivity contribution in [2.75, 3.05) is 0 Å². The van der Waals surface area contributed by atoms with Crippen LogP contribution in [0.3, 0.4) is 0 Å². The van der Waals surface area contributed by atoms with E-state index in [0.717, 1.165) is 22.5 Å². The van der Waals surface area contributed by atoms with Crippen LogP contribution in [0.1, 0.15) is 5.56 Å². The fraction of sp³-hybridized carbons (Fsp3) is 0.0909. The molecule has 0 fully saturated rings. The fourth-order valence-electron chi connectivity index (χ4n) is 5.90. The molecule has 8 rings (SSSR count). The minimum absolute atomic E-state index is 0. The summed E-state index contributed by atoms with van der Waals surface area (Å²) >= 11 is 1.82. The van der Waals surface area contributed by atoms with Gasteiger partial charge in [0.25, 0.3) is 0 Å². The third-order valence-corrected chi connectivity index (χ3v) is 11.8. The van der Waals surface area contributed by atoms with Crippen molar-refractivity contribution in [1.82, 2.24) is 9.97 Å². The quantitative estimate of drug-likeness (QED) is 0.127. The molecule has 2 nitrogen and oxygen atoms in total. The molecule has 5 heteroatoms. The van der Waals surface area contributed by atoms with Crippen LogP contribution in [0.2, 0.25) is 19.6 Å². The van der Waals surface area contributed by atoms with Gasteiger partial charge in [0.1, 0.15) is 0 Å². The number of rotatable bonds is 5. The molecule has 243 valence electrons. The normalized spacial score (nSPS) is 11.1. The minimum Gasteiger partial charge on any atom is -0.305 e. The molecule has 0 aliphatic heterocycles. The molecule has 0 amide bonds. The Morgan fingerprint density at radius 2 is 1.31 bits per heavy atom. The Morgan fingerprint density at radius 1 is 0.592 bits per heavy atom. The van der Waals surface area contributed by atoms with Crippen LogP contribution >= 0.6 is 11.3 Å². The van der Waals surface area contributed by atoms with Gasteiger partial charge < -0.3 is 9.97 Å². The number of pyridine rings is 2. The number of nitrogens with zero attached hydrogens (tertiary/aromatic N) is 2. The van der Waals surface area contributed by atoms with E-state index in [9.17, 15) is 0 Å². The Bertz CT molecular complexity index is 2310. The van der Waals surface area contributed by atoms with E-state index >= 15 is 0 Å². The Kier molecular flexibility index (Phi) is 10.5. The molecule has 0 saturated heterocycles. The maximum Gasteiger partial charge on any atom is 0.0795 e. The van der Waals surface area contributed by atoms with Crippen LogP contribution in [0, 0.1) is 19.1 Å². The number of aryl methyl sites for hydroxylation is 1. The summed E-state index contributed by atoms with van der Waals surface area (Å²) in [4.78, 5) is 9.37. The monoisotopic (exact) mass is 845 g/mol. The Balaban J connectivity index is 0.000000208. The summed E-state index contributed by atoms with van der Waals surface area (Å²) in [6, 6.07) is 53.1. The first-order chi connectivity index (χ1) is 23.3. The van der Waals surface area contributed by atoms with E-state index in [4.69, 9.17) is 4.98 Å². The van der Waals surface area contributed by atoms with Crippen molar-refractivity contribution < 1.29 is 20.1 Å². The van der Waals surface area contributed by atoms with Crippen molar-refractivity contribution in [3.05, 3.63) is 164 Å². The van der Waals surface area contributed by atoms with Crippen LogP contribution in [-0.2, 0) is 20.1 Å². The zero-order valence-corrected chi connectivity index (χ0v) is 32.2. The van der Waals surface area contributed by atoms with Gasteiger partial charge >= 0.3 is 0 Å². The Labute approximate surface area is 307 Å². The van der Waals surface area contributed by atoms with Crippen LogP contribution in [0.25, 0.3) is 64.9 Å².